The monoisotopic (exact) mass is 205 g/mol. The molecule has 0 bridgehead atoms. The molecule has 1 fully saturated rings. The van der Waals surface area contributed by atoms with Gasteiger partial charge < -0.3 is 10.5 Å². The molecule has 2 heteroatoms. The first-order chi connectivity index (χ1) is 7.31. The second kappa shape index (κ2) is 4.67. The molecule has 0 aliphatic heterocycles. The van der Waals surface area contributed by atoms with E-state index >= 15 is 0 Å². The summed E-state index contributed by atoms with van der Waals surface area (Å²) >= 11 is 0. The SMILES string of the molecule is COc1ccccc1[C@@H]1CCC[C@@H](N)C1. The van der Waals surface area contributed by atoms with Crippen molar-refractivity contribution < 1.29 is 4.74 Å². The topological polar surface area (TPSA) is 35.2 Å². The highest BCUT2D eigenvalue weighted by molar-refractivity contribution is 5.36. The van der Waals surface area contributed by atoms with Crippen LogP contribution in [-0.4, -0.2) is 13.2 Å². The molecule has 0 spiro atoms. The van der Waals surface area contributed by atoms with Gasteiger partial charge in [0.05, 0.1) is 7.11 Å². The zero-order chi connectivity index (χ0) is 10.7. The number of nitrogens with two attached hydrogens (primary N) is 1. The van der Waals surface area contributed by atoms with E-state index in [0.29, 0.717) is 12.0 Å². The predicted octanol–water partition coefficient (Wildman–Crippen LogP) is 2.68. The molecular formula is C13H19NO. The Morgan fingerprint density at radius 1 is 1.27 bits per heavy atom. The van der Waals surface area contributed by atoms with E-state index in [1.807, 2.05) is 12.1 Å². The van der Waals surface area contributed by atoms with Crippen molar-refractivity contribution in [2.45, 2.75) is 37.6 Å². The van der Waals surface area contributed by atoms with Crippen LogP contribution < -0.4 is 10.5 Å². The fraction of sp³-hybridized carbons (Fsp3) is 0.538. The van der Waals surface area contributed by atoms with Crippen LogP contribution >= 0.6 is 0 Å². The highest BCUT2D eigenvalue weighted by Gasteiger charge is 2.22. The van der Waals surface area contributed by atoms with Crippen molar-refractivity contribution >= 4 is 0 Å². The fourth-order valence-electron chi connectivity index (χ4n) is 2.51. The summed E-state index contributed by atoms with van der Waals surface area (Å²) in [5.74, 6) is 1.60. The van der Waals surface area contributed by atoms with Gasteiger partial charge in [-0.3, -0.25) is 0 Å². The van der Waals surface area contributed by atoms with Gasteiger partial charge in [0, 0.05) is 6.04 Å². The predicted molar refractivity (Wildman–Crippen MR) is 62.2 cm³/mol. The molecule has 2 atom stereocenters. The molecule has 2 nitrogen and oxygen atoms in total. The summed E-state index contributed by atoms with van der Waals surface area (Å²) in [6, 6.07) is 8.67. The van der Waals surface area contributed by atoms with Gasteiger partial charge >= 0.3 is 0 Å². The number of rotatable bonds is 2. The fourth-order valence-corrected chi connectivity index (χ4v) is 2.51. The molecule has 15 heavy (non-hydrogen) atoms. The average Bonchev–Trinajstić information content (AvgIpc) is 2.29. The molecule has 1 aromatic rings. The molecule has 82 valence electrons. The third-order valence-corrected chi connectivity index (χ3v) is 3.29. The molecule has 0 heterocycles. The normalized spacial score (nSPS) is 26.3. The number of para-hydroxylation sites is 1. The summed E-state index contributed by atoms with van der Waals surface area (Å²) in [7, 11) is 1.74. The highest BCUT2D eigenvalue weighted by atomic mass is 16.5. The zero-order valence-electron chi connectivity index (χ0n) is 9.28. The van der Waals surface area contributed by atoms with Crippen molar-refractivity contribution in [2.24, 2.45) is 5.73 Å². The number of benzene rings is 1. The van der Waals surface area contributed by atoms with Crippen LogP contribution in [0.25, 0.3) is 0 Å². The third-order valence-electron chi connectivity index (χ3n) is 3.29. The summed E-state index contributed by atoms with van der Waals surface area (Å²) in [5.41, 5.74) is 7.34. The van der Waals surface area contributed by atoms with Crippen molar-refractivity contribution in [3.05, 3.63) is 29.8 Å². The first kappa shape index (κ1) is 10.5. The Morgan fingerprint density at radius 2 is 2.07 bits per heavy atom. The Kier molecular flexibility index (Phi) is 3.27. The van der Waals surface area contributed by atoms with Gasteiger partial charge in [-0.2, -0.15) is 0 Å². The van der Waals surface area contributed by atoms with Crippen molar-refractivity contribution in [3.63, 3.8) is 0 Å². The molecule has 1 aromatic carbocycles. The van der Waals surface area contributed by atoms with E-state index < -0.39 is 0 Å². The molecule has 0 unspecified atom stereocenters. The van der Waals surface area contributed by atoms with E-state index in [-0.39, 0.29) is 0 Å². The number of hydrogen-bond acceptors (Lipinski definition) is 2. The zero-order valence-corrected chi connectivity index (χ0v) is 9.28. The van der Waals surface area contributed by atoms with Crippen LogP contribution in [0.1, 0.15) is 37.2 Å². The van der Waals surface area contributed by atoms with Gasteiger partial charge in [-0.1, -0.05) is 24.6 Å². The van der Waals surface area contributed by atoms with E-state index in [9.17, 15) is 0 Å². The summed E-state index contributed by atoms with van der Waals surface area (Å²) in [6.07, 6.45) is 4.75. The van der Waals surface area contributed by atoms with Crippen molar-refractivity contribution in [1.29, 1.82) is 0 Å². The van der Waals surface area contributed by atoms with Gasteiger partial charge in [0.2, 0.25) is 0 Å². The van der Waals surface area contributed by atoms with Crippen LogP contribution in [0, 0.1) is 0 Å². The standard InChI is InChI=1S/C13H19NO/c1-15-13-8-3-2-7-12(13)10-5-4-6-11(14)9-10/h2-3,7-8,10-11H,4-6,9,14H2,1H3/t10-,11-/m1/s1. The minimum absolute atomic E-state index is 0.369. The van der Waals surface area contributed by atoms with Crippen LogP contribution in [0.15, 0.2) is 24.3 Å². The van der Waals surface area contributed by atoms with E-state index in [0.717, 1.165) is 12.2 Å². The lowest BCUT2D eigenvalue weighted by atomic mass is 9.81. The van der Waals surface area contributed by atoms with E-state index in [4.69, 9.17) is 10.5 Å². The Balaban J connectivity index is 2.20. The summed E-state index contributed by atoms with van der Waals surface area (Å²) in [4.78, 5) is 0. The molecule has 1 aliphatic carbocycles. The molecule has 0 saturated heterocycles. The van der Waals surface area contributed by atoms with Gasteiger partial charge in [0.15, 0.2) is 0 Å². The van der Waals surface area contributed by atoms with Crippen LogP contribution in [0.5, 0.6) is 5.75 Å². The second-order valence-corrected chi connectivity index (χ2v) is 4.37. The lowest BCUT2D eigenvalue weighted by Crippen LogP contribution is -2.26. The van der Waals surface area contributed by atoms with E-state index in [1.165, 1.54) is 24.8 Å². The van der Waals surface area contributed by atoms with Crippen molar-refractivity contribution in [1.82, 2.24) is 0 Å². The van der Waals surface area contributed by atoms with Gasteiger partial charge in [-0.15, -0.1) is 0 Å². The second-order valence-electron chi connectivity index (χ2n) is 4.37. The van der Waals surface area contributed by atoms with E-state index in [2.05, 4.69) is 12.1 Å². The van der Waals surface area contributed by atoms with Gasteiger partial charge in [-0.05, 0) is 36.8 Å². The minimum Gasteiger partial charge on any atom is -0.496 e. The average molecular weight is 205 g/mol. The van der Waals surface area contributed by atoms with Crippen LogP contribution in [-0.2, 0) is 0 Å². The number of hydrogen-bond donors (Lipinski definition) is 1. The first-order valence-corrected chi connectivity index (χ1v) is 5.69. The third kappa shape index (κ3) is 2.32. The highest BCUT2D eigenvalue weighted by Crippen LogP contribution is 2.36. The maximum absolute atomic E-state index is 6.01. The largest absolute Gasteiger partial charge is 0.496 e. The molecule has 2 rings (SSSR count). The Labute approximate surface area is 91.4 Å². The van der Waals surface area contributed by atoms with Crippen LogP contribution in [0.3, 0.4) is 0 Å². The van der Waals surface area contributed by atoms with Crippen LogP contribution in [0.4, 0.5) is 0 Å². The summed E-state index contributed by atoms with van der Waals surface area (Å²) < 4.78 is 5.39. The Bertz CT molecular complexity index is 324. The Morgan fingerprint density at radius 3 is 2.80 bits per heavy atom. The lowest BCUT2D eigenvalue weighted by Gasteiger charge is -2.27. The molecular weight excluding hydrogens is 186 g/mol. The molecule has 0 radical (unpaired) electrons. The maximum atomic E-state index is 6.01. The smallest absolute Gasteiger partial charge is 0.122 e. The summed E-state index contributed by atoms with van der Waals surface area (Å²) in [5, 5.41) is 0. The van der Waals surface area contributed by atoms with Crippen LogP contribution in [0.2, 0.25) is 0 Å². The quantitative estimate of drug-likeness (QED) is 0.805. The Hall–Kier alpha value is -1.02. The van der Waals surface area contributed by atoms with Crippen molar-refractivity contribution in [3.8, 4) is 5.75 Å². The van der Waals surface area contributed by atoms with E-state index in [1.54, 1.807) is 7.11 Å². The number of ether oxygens (including phenoxy) is 1. The molecule has 2 N–H and O–H groups in total. The van der Waals surface area contributed by atoms with Gasteiger partial charge in [0.1, 0.15) is 5.75 Å². The summed E-state index contributed by atoms with van der Waals surface area (Å²) in [6.45, 7) is 0. The molecule has 1 aliphatic rings. The first-order valence-electron chi connectivity index (χ1n) is 5.69. The molecule has 0 amide bonds. The lowest BCUT2D eigenvalue weighted by molar-refractivity contribution is 0.367. The van der Waals surface area contributed by atoms with Gasteiger partial charge in [0.25, 0.3) is 0 Å². The molecule has 0 aromatic heterocycles. The molecule has 1 saturated carbocycles. The van der Waals surface area contributed by atoms with Gasteiger partial charge in [-0.25, -0.2) is 0 Å². The maximum Gasteiger partial charge on any atom is 0.122 e. The van der Waals surface area contributed by atoms with Crippen molar-refractivity contribution in [2.75, 3.05) is 7.11 Å². The number of methoxy groups -OCH3 is 1. The minimum atomic E-state index is 0.369.